The average Bonchev–Trinajstić information content (AvgIpc) is 2.70. The Hall–Kier alpha value is -2.44. The van der Waals surface area contributed by atoms with Gasteiger partial charge in [-0.2, -0.15) is 0 Å². The second kappa shape index (κ2) is 9.48. The molecule has 0 unspecified atom stereocenters. The van der Waals surface area contributed by atoms with E-state index in [1.807, 2.05) is 12.1 Å². The van der Waals surface area contributed by atoms with E-state index < -0.39 is 0 Å². The van der Waals surface area contributed by atoms with Crippen LogP contribution in [0.1, 0.15) is 22.8 Å². The zero-order valence-corrected chi connectivity index (χ0v) is 16.1. The molecule has 0 atom stereocenters. The molecule has 6 nitrogen and oxygen atoms in total. The molecule has 1 N–H and O–H groups in total. The number of benzene rings is 1. The van der Waals surface area contributed by atoms with Gasteiger partial charge in [0.1, 0.15) is 0 Å². The number of carbonyl (C=O) groups is 1. The molecule has 1 aromatic carbocycles. The molecule has 1 aliphatic rings. The molecular weight excluding hydrogens is 340 g/mol. The predicted molar refractivity (Wildman–Crippen MR) is 108 cm³/mol. The second-order valence-electron chi connectivity index (χ2n) is 6.72. The molecule has 1 saturated heterocycles. The summed E-state index contributed by atoms with van der Waals surface area (Å²) >= 11 is 0. The molecule has 0 radical (unpaired) electrons. The van der Waals surface area contributed by atoms with Gasteiger partial charge in [0.15, 0.2) is 0 Å². The van der Waals surface area contributed by atoms with Gasteiger partial charge in [0.25, 0.3) is 5.91 Å². The van der Waals surface area contributed by atoms with Crippen molar-refractivity contribution in [1.82, 2.24) is 15.2 Å². The zero-order valence-electron chi connectivity index (χ0n) is 16.1. The first-order chi connectivity index (χ1) is 13.2. The van der Waals surface area contributed by atoms with Gasteiger partial charge in [-0.1, -0.05) is 12.1 Å². The molecule has 1 aromatic heterocycles. The van der Waals surface area contributed by atoms with Gasteiger partial charge in [-0.15, -0.1) is 0 Å². The first-order valence-electron chi connectivity index (χ1n) is 9.55. The molecule has 144 valence electrons. The van der Waals surface area contributed by atoms with Crippen molar-refractivity contribution in [2.24, 2.45) is 0 Å². The maximum Gasteiger partial charge on any atom is 0.252 e. The van der Waals surface area contributed by atoms with E-state index in [2.05, 4.69) is 52.1 Å². The summed E-state index contributed by atoms with van der Waals surface area (Å²) in [4.78, 5) is 21.3. The van der Waals surface area contributed by atoms with Crippen molar-refractivity contribution in [2.45, 2.75) is 13.8 Å². The Kier molecular flexibility index (Phi) is 6.79. The van der Waals surface area contributed by atoms with Crippen LogP contribution in [-0.2, 0) is 4.74 Å². The predicted octanol–water partition coefficient (Wildman–Crippen LogP) is 2.61. The smallest absolute Gasteiger partial charge is 0.252 e. The Labute approximate surface area is 161 Å². The summed E-state index contributed by atoms with van der Waals surface area (Å²) in [6, 6.07) is 10.2. The van der Waals surface area contributed by atoms with Gasteiger partial charge < -0.3 is 15.0 Å². The number of pyridine rings is 1. The van der Waals surface area contributed by atoms with E-state index in [1.54, 1.807) is 12.4 Å². The number of nitrogens with zero attached hydrogens (tertiary/aromatic N) is 3. The zero-order chi connectivity index (χ0) is 19.1. The van der Waals surface area contributed by atoms with Gasteiger partial charge >= 0.3 is 0 Å². The molecule has 0 spiro atoms. The van der Waals surface area contributed by atoms with E-state index in [-0.39, 0.29) is 5.91 Å². The Morgan fingerprint density at radius 1 is 1.22 bits per heavy atom. The van der Waals surface area contributed by atoms with Gasteiger partial charge in [0, 0.05) is 44.6 Å². The fourth-order valence-electron chi connectivity index (χ4n) is 3.26. The van der Waals surface area contributed by atoms with E-state index in [4.69, 9.17) is 4.74 Å². The van der Waals surface area contributed by atoms with Crippen LogP contribution in [0.15, 0.2) is 42.7 Å². The van der Waals surface area contributed by atoms with Crippen molar-refractivity contribution in [2.75, 3.05) is 50.8 Å². The number of hydrogen-bond acceptors (Lipinski definition) is 5. The average molecular weight is 368 g/mol. The Bertz CT molecular complexity index is 759. The molecule has 0 bridgehead atoms. The summed E-state index contributed by atoms with van der Waals surface area (Å²) in [5, 5.41) is 3.00. The summed E-state index contributed by atoms with van der Waals surface area (Å²) in [7, 11) is 0. The van der Waals surface area contributed by atoms with Crippen LogP contribution < -0.4 is 10.2 Å². The number of aromatic nitrogens is 1. The molecule has 2 aromatic rings. The van der Waals surface area contributed by atoms with E-state index in [1.165, 1.54) is 5.56 Å². The molecule has 27 heavy (non-hydrogen) atoms. The van der Waals surface area contributed by atoms with Crippen molar-refractivity contribution in [1.29, 1.82) is 0 Å². The summed E-state index contributed by atoms with van der Waals surface area (Å²) in [5.74, 6) is -0.0853. The lowest BCUT2D eigenvalue weighted by molar-refractivity contribution is 0.0383. The van der Waals surface area contributed by atoms with Crippen LogP contribution in [0.25, 0.3) is 0 Å². The molecule has 0 saturated carbocycles. The number of rotatable bonds is 7. The van der Waals surface area contributed by atoms with Gasteiger partial charge in [-0.05, 0) is 37.6 Å². The molecule has 2 heterocycles. The molecule has 3 rings (SSSR count). The molecule has 1 fully saturated rings. The second-order valence-corrected chi connectivity index (χ2v) is 6.72. The highest BCUT2D eigenvalue weighted by molar-refractivity contribution is 5.95. The molecular formula is C21H28N4O2. The normalized spacial score (nSPS) is 14.7. The molecule has 1 aliphatic heterocycles. The minimum atomic E-state index is -0.0853. The highest BCUT2D eigenvalue weighted by Gasteiger charge is 2.13. The van der Waals surface area contributed by atoms with Crippen molar-refractivity contribution < 1.29 is 9.53 Å². The van der Waals surface area contributed by atoms with Crippen molar-refractivity contribution in [3.8, 4) is 0 Å². The number of morpholine rings is 1. The number of aryl methyl sites for hydroxylation is 1. The fourth-order valence-corrected chi connectivity index (χ4v) is 3.26. The van der Waals surface area contributed by atoms with Crippen molar-refractivity contribution in [3.63, 3.8) is 0 Å². The van der Waals surface area contributed by atoms with Crippen LogP contribution in [0, 0.1) is 6.92 Å². The van der Waals surface area contributed by atoms with Gasteiger partial charge in [0.05, 0.1) is 30.7 Å². The summed E-state index contributed by atoms with van der Waals surface area (Å²) < 4.78 is 5.34. The maximum atomic E-state index is 12.5. The van der Waals surface area contributed by atoms with E-state index in [0.717, 1.165) is 50.8 Å². The number of hydrogen-bond donors (Lipinski definition) is 1. The lowest BCUT2D eigenvalue weighted by atomic mass is 10.2. The SMILES string of the molecule is CCN(c1cccc(C)c1)c1cncc(C(=O)NCCN2CCOCC2)c1. The Morgan fingerprint density at radius 3 is 2.78 bits per heavy atom. The van der Waals surface area contributed by atoms with Crippen molar-refractivity contribution >= 4 is 17.3 Å². The van der Waals surface area contributed by atoms with Crippen molar-refractivity contribution in [3.05, 3.63) is 53.9 Å². The van der Waals surface area contributed by atoms with Crippen LogP contribution in [0.3, 0.4) is 0 Å². The lowest BCUT2D eigenvalue weighted by Crippen LogP contribution is -2.41. The first-order valence-corrected chi connectivity index (χ1v) is 9.55. The number of carbonyl (C=O) groups excluding carboxylic acids is 1. The van der Waals surface area contributed by atoms with Crippen LogP contribution >= 0.6 is 0 Å². The van der Waals surface area contributed by atoms with Crippen LogP contribution in [0.5, 0.6) is 0 Å². The number of anilines is 2. The summed E-state index contributed by atoms with van der Waals surface area (Å²) in [5.41, 5.74) is 3.81. The standard InChI is InChI=1S/C21H28N4O2/c1-3-25(19-6-4-5-17(2)13-19)20-14-18(15-22-16-20)21(26)23-7-8-24-9-11-27-12-10-24/h4-6,13-16H,3,7-12H2,1-2H3,(H,23,26). The summed E-state index contributed by atoms with van der Waals surface area (Å²) in [6.45, 7) is 9.82. The third-order valence-corrected chi connectivity index (χ3v) is 4.74. The molecule has 0 aliphatic carbocycles. The Balaban J connectivity index is 1.64. The third-order valence-electron chi connectivity index (χ3n) is 4.74. The minimum absolute atomic E-state index is 0.0853. The highest BCUT2D eigenvalue weighted by Crippen LogP contribution is 2.25. The fraction of sp³-hybridized carbons (Fsp3) is 0.429. The highest BCUT2D eigenvalue weighted by atomic mass is 16.5. The Morgan fingerprint density at radius 2 is 2.04 bits per heavy atom. The monoisotopic (exact) mass is 368 g/mol. The number of nitrogens with one attached hydrogen (secondary N) is 1. The topological polar surface area (TPSA) is 57.7 Å². The van der Waals surface area contributed by atoms with Gasteiger partial charge in [0.2, 0.25) is 0 Å². The number of amides is 1. The summed E-state index contributed by atoms with van der Waals surface area (Å²) in [6.07, 6.45) is 3.42. The van der Waals surface area contributed by atoms with E-state index in [9.17, 15) is 4.79 Å². The lowest BCUT2D eigenvalue weighted by Gasteiger charge is -2.26. The first kappa shape index (κ1) is 19.3. The quantitative estimate of drug-likeness (QED) is 0.814. The third kappa shape index (κ3) is 5.28. The minimum Gasteiger partial charge on any atom is -0.379 e. The largest absolute Gasteiger partial charge is 0.379 e. The van der Waals surface area contributed by atoms with Crippen LogP contribution in [0.4, 0.5) is 11.4 Å². The molecule has 6 heteroatoms. The van der Waals surface area contributed by atoms with Gasteiger partial charge in [-0.25, -0.2) is 0 Å². The maximum absolute atomic E-state index is 12.5. The van der Waals surface area contributed by atoms with Crippen LogP contribution in [-0.4, -0.2) is 61.7 Å². The van der Waals surface area contributed by atoms with E-state index >= 15 is 0 Å². The number of ether oxygens (including phenoxy) is 1. The molecule has 1 amide bonds. The van der Waals surface area contributed by atoms with Gasteiger partial charge in [-0.3, -0.25) is 14.7 Å². The van der Waals surface area contributed by atoms with E-state index in [0.29, 0.717) is 12.1 Å². The van der Waals surface area contributed by atoms with Crippen LogP contribution in [0.2, 0.25) is 0 Å².